The Kier molecular flexibility index (Phi) is 24.5. The van der Waals surface area contributed by atoms with Crippen LogP contribution in [0.25, 0.3) is 10.8 Å². The summed E-state index contributed by atoms with van der Waals surface area (Å²) < 4.78 is 0. The van der Waals surface area contributed by atoms with E-state index in [1.54, 1.807) is 0 Å². The molecule has 58 heavy (non-hydrogen) atoms. The fraction of sp³-hybridized carbons (Fsp3) is 0.500. The Morgan fingerprint density at radius 3 is 0.931 bits per heavy atom. The van der Waals surface area contributed by atoms with E-state index in [2.05, 4.69) is 124 Å². The summed E-state index contributed by atoms with van der Waals surface area (Å²) in [5, 5.41) is 23.0. The number of hydrogen-bond acceptors (Lipinski definition) is 2. The predicted molar refractivity (Wildman–Crippen MR) is 259 cm³/mol. The van der Waals surface area contributed by atoms with Gasteiger partial charge < -0.3 is 10.2 Å². The third kappa shape index (κ3) is 21.1. The number of allylic oxidation sites excluding steroid dienone is 18. The van der Waals surface area contributed by atoms with Crippen LogP contribution in [0.4, 0.5) is 0 Å². The summed E-state index contributed by atoms with van der Waals surface area (Å²) in [6.45, 7) is 24.4. The number of fused-ring (bicyclic) bond motifs is 1. The molecule has 0 amide bonds. The molecule has 0 heterocycles. The molecule has 2 nitrogen and oxygen atoms in total. The van der Waals surface area contributed by atoms with Gasteiger partial charge in [-0.25, -0.2) is 0 Å². The number of phenols is 2. The number of aromatic hydroxyl groups is 2. The van der Waals surface area contributed by atoms with Gasteiger partial charge in [-0.1, -0.05) is 129 Å². The highest BCUT2D eigenvalue weighted by atomic mass is 16.3. The van der Waals surface area contributed by atoms with Crippen LogP contribution < -0.4 is 0 Å². The molecule has 0 bridgehead atoms. The standard InChI is InChI=1S/C56H82O2/c1-42(2)22-14-23-43(3)24-15-25-44(4)26-16-27-45(5)28-17-29-46(6)30-18-31-47(7)32-19-33-48(8)34-20-35-49(9)36-21-37-50(10)40-41-52-51(11)55(57)53-38-12-13-39-54(53)56(52)58/h12-13,22,24,26,28,30,32,34,36,38-40,57-58H,14-21,23,25,27,29,31,33,35,37,41H2,1-11H3/b43-24-,44-26+,45-28+,46-30+,47-32+,48-34+,49-36+,50-40+. The molecule has 0 saturated carbocycles. The van der Waals surface area contributed by atoms with Crippen LogP contribution in [0.5, 0.6) is 11.5 Å². The van der Waals surface area contributed by atoms with E-state index in [0.29, 0.717) is 17.2 Å². The van der Waals surface area contributed by atoms with E-state index in [1.807, 2.05) is 31.2 Å². The maximum atomic E-state index is 10.9. The minimum atomic E-state index is 0.267. The monoisotopic (exact) mass is 787 g/mol. The Morgan fingerprint density at radius 1 is 0.379 bits per heavy atom. The van der Waals surface area contributed by atoms with Gasteiger partial charge in [-0.15, -0.1) is 0 Å². The van der Waals surface area contributed by atoms with Crippen molar-refractivity contribution in [1.82, 2.24) is 0 Å². The van der Waals surface area contributed by atoms with E-state index in [1.165, 1.54) is 69.4 Å². The maximum absolute atomic E-state index is 10.9. The van der Waals surface area contributed by atoms with E-state index >= 15 is 0 Å². The molecule has 2 rings (SSSR count). The normalized spacial score (nSPS) is 14.2. The fourth-order valence-corrected chi connectivity index (χ4v) is 7.34. The van der Waals surface area contributed by atoms with Crippen LogP contribution in [0.2, 0.25) is 0 Å². The van der Waals surface area contributed by atoms with Crippen LogP contribution in [0, 0.1) is 6.92 Å². The summed E-state index contributed by atoms with van der Waals surface area (Å²) in [4.78, 5) is 0. The Bertz CT molecular complexity index is 1850. The molecule has 2 aromatic carbocycles. The highest BCUT2D eigenvalue weighted by Crippen LogP contribution is 2.39. The topological polar surface area (TPSA) is 40.5 Å². The van der Waals surface area contributed by atoms with Gasteiger partial charge in [0.05, 0.1) is 0 Å². The van der Waals surface area contributed by atoms with Crippen LogP contribution in [0.1, 0.15) is 183 Å². The van der Waals surface area contributed by atoms with Gasteiger partial charge >= 0.3 is 0 Å². The second-order valence-electron chi connectivity index (χ2n) is 17.5. The van der Waals surface area contributed by atoms with E-state index < -0.39 is 0 Å². The van der Waals surface area contributed by atoms with E-state index in [4.69, 9.17) is 0 Å². The molecule has 0 aromatic heterocycles. The number of rotatable bonds is 26. The minimum absolute atomic E-state index is 0.267. The first kappa shape index (κ1) is 50.1. The van der Waals surface area contributed by atoms with Crippen molar-refractivity contribution in [2.24, 2.45) is 0 Å². The molecule has 2 aromatic rings. The van der Waals surface area contributed by atoms with Crippen molar-refractivity contribution in [3.63, 3.8) is 0 Å². The molecule has 2 N–H and O–H groups in total. The summed E-state index contributed by atoms with van der Waals surface area (Å²) >= 11 is 0. The number of phenolic OH excluding ortho intramolecular Hbond substituents is 2. The van der Waals surface area contributed by atoms with E-state index in [-0.39, 0.29) is 11.5 Å². The molecule has 2 heteroatoms. The quantitative estimate of drug-likeness (QED) is 0.0736. The molecule has 0 aliphatic rings. The Hall–Kier alpha value is -4.04. The maximum Gasteiger partial charge on any atom is 0.127 e. The summed E-state index contributed by atoms with van der Waals surface area (Å²) in [5.74, 6) is 0.548. The van der Waals surface area contributed by atoms with Gasteiger partial charge in [0.2, 0.25) is 0 Å². The third-order valence-electron chi connectivity index (χ3n) is 11.5. The molecule has 0 radical (unpaired) electrons. The Balaban J connectivity index is 1.61. The van der Waals surface area contributed by atoms with E-state index in [0.717, 1.165) is 94.6 Å². The fourth-order valence-electron chi connectivity index (χ4n) is 7.34. The van der Waals surface area contributed by atoms with Crippen molar-refractivity contribution in [2.75, 3.05) is 0 Å². The molecular weight excluding hydrogens is 705 g/mol. The predicted octanol–water partition coefficient (Wildman–Crippen LogP) is 17.9. The second-order valence-corrected chi connectivity index (χ2v) is 17.5. The van der Waals surface area contributed by atoms with Crippen molar-refractivity contribution < 1.29 is 10.2 Å². The van der Waals surface area contributed by atoms with Crippen LogP contribution in [0.15, 0.2) is 129 Å². The minimum Gasteiger partial charge on any atom is -0.507 e. The zero-order chi connectivity index (χ0) is 42.9. The van der Waals surface area contributed by atoms with Crippen molar-refractivity contribution in [1.29, 1.82) is 0 Å². The number of hydrogen-bond donors (Lipinski definition) is 2. The first-order valence-electron chi connectivity index (χ1n) is 22.5. The lowest BCUT2D eigenvalue weighted by atomic mass is 9.95. The Morgan fingerprint density at radius 2 is 0.638 bits per heavy atom. The van der Waals surface area contributed by atoms with Gasteiger partial charge in [0.25, 0.3) is 0 Å². The van der Waals surface area contributed by atoms with Gasteiger partial charge in [-0.2, -0.15) is 0 Å². The highest BCUT2D eigenvalue weighted by molar-refractivity contribution is 5.95. The lowest BCUT2D eigenvalue weighted by Gasteiger charge is -2.13. The first-order valence-corrected chi connectivity index (χ1v) is 22.5. The zero-order valence-corrected chi connectivity index (χ0v) is 38.9. The molecular formula is C56H82O2. The average molecular weight is 787 g/mol. The summed E-state index contributed by atoms with van der Waals surface area (Å²) in [6.07, 6.45) is 40.3. The van der Waals surface area contributed by atoms with Crippen LogP contribution in [-0.2, 0) is 6.42 Å². The lowest BCUT2D eigenvalue weighted by Crippen LogP contribution is -1.92. The molecule has 0 fully saturated rings. The molecule has 0 aliphatic carbocycles. The SMILES string of the molecule is CC(C)=CCC/C(C)=C\CC/C(C)=C/CC/C(C)=C/CC/C(C)=C/CC/C(C)=C/CC/C(C)=C/CC/C(C)=C/CC/C(C)=C/Cc1c(C)c(O)c2ccccc2c1O. The molecule has 0 unspecified atom stereocenters. The summed E-state index contributed by atoms with van der Waals surface area (Å²) in [6, 6.07) is 7.50. The van der Waals surface area contributed by atoms with Crippen molar-refractivity contribution >= 4 is 10.8 Å². The first-order chi connectivity index (χ1) is 27.7. The second kappa shape index (κ2) is 28.4. The molecule has 0 spiro atoms. The molecule has 0 saturated heterocycles. The zero-order valence-electron chi connectivity index (χ0n) is 38.9. The van der Waals surface area contributed by atoms with Gasteiger partial charge in [0.1, 0.15) is 11.5 Å². The third-order valence-corrected chi connectivity index (χ3v) is 11.5. The van der Waals surface area contributed by atoms with Crippen LogP contribution >= 0.6 is 0 Å². The lowest BCUT2D eigenvalue weighted by molar-refractivity contribution is 0.461. The van der Waals surface area contributed by atoms with Gasteiger partial charge in [0, 0.05) is 16.3 Å². The van der Waals surface area contributed by atoms with Gasteiger partial charge in [-0.3, -0.25) is 0 Å². The smallest absolute Gasteiger partial charge is 0.127 e. The highest BCUT2D eigenvalue weighted by Gasteiger charge is 2.14. The summed E-state index contributed by atoms with van der Waals surface area (Å²) in [7, 11) is 0. The Labute approximate surface area is 356 Å². The van der Waals surface area contributed by atoms with Crippen LogP contribution in [0.3, 0.4) is 0 Å². The van der Waals surface area contributed by atoms with Crippen LogP contribution in [-0.4, -0.2) is 10.2 Å². The van der Waals surface area contributed by atoms with Gasteiger partial charge in [-0.05, 0) is 191 Å². The molecule has 0 aliphatic heterocycles. The average Bonchev–Trinajstić information content (AvgIpc) is 3.17. The largest absolute Gasteiger partial charge is 0.507 e. The molecule has 0 atom stereocenters. The van der Waals surface area contributed by atoms with Crippen molar-refractivity contribution in [2.45, 2.75) is 185 Å². The molecule has 318 valence electrons. The van der Waals surface area contributed by atoms with Crippen molar-refractivity contribution in [3.8, 4) is 11.5 Å². The van der Waals surface area contributed by atoms with E-state index in [9.17, 15) is 10.2 Å². The van der Waals surface area contributed by atoms with Crippen molar-refractivity contribution in [3.05, 3.63) is 140 Å². The summed E-state index contributed by atoms with van der Waals surface area (Å²) in [5.41, 5.74) is 14.8. The van der Waals surface area contributed by atoms with Gasteiger partial charge in [0.15, 0.2) is 0 Å². The number of benzene rings is 2.